The van der Waals surface area contributed by atoms with E-state index < -0.39 is 10.0 Å². The summed E-state index contributed by atoms with van der Waals surface area (Å²) in [6.45, 7) is 0.182. The Bertz CT molecular complexity index is 1000. The molecule has 1 unspecified atom stereocenters. The molecule has 3 rings (SSSR count). The van der Waals surface area contributed by atoms with Crippen LogP contribution in [-0.2, 0) is 10.0 Å². The number of rotatable bonds is 7. The van der Waals surface area contributed by atoms with E-state index in [0.717, 1.165) is 16.7 Å². The van der Waals surface area contributed by atoms with Crippen LogP contribution in [0, 0.1) is 5.82 Å². The molecule has 6 heteroatoms. The zero-order valence-corrected chi connectivity index (χ0v) is 16.7. The van der Waals surface area contributed by atoms with Crippen molar-refractivity contribution in [2.75, 3.05) is 20.6 Å². The monoisotopic (exact) mass is 398 g/mol. The summed E-state index contributed by atoms with van der Waals surface area (Å²) < 4.78 is 41.2. The Morgan fingerprint density at radius 3 is 2.00 bits per heavy atom. The normalized spacial score (nSPS) is 12.9. The minimum Gasteiger partial charge on any atom is -0.301 e. The van der Waals surface area contributed by atoms with Gasteiger partial charge in [0.2, 0.25) is 10.0 Å². The van der Waals surface area contributed by atoms with Crippen molar-refractivity contribution in [3.05, 3.63) is 90.2 Å². The second kappa shape index (κ2) is 8.65. The van der Waals surface area contributed by atoms with Crippen LogP contribution in [0.15, 0.2) is 83.8 Å². The zero-order valence-electron chi connectivity index (χ0n) is 15.8. The lowest BCUT2D eigenvalue weighted by molar-refractivity contribution is 0.299. The summed E-state index contributed by atoms with van der Waals surface area (Å²) in [7, 11) is 0.0615. The van der Waals surface area contributed by atoms with Crippen LogP contribution in [0.1, 0.15) is 11.6 Å². The summed E-state index contributed by atoms with van der Waals surface area (Å²) in [5.74, 6) is -0.319. The maximum absolute atomic E-state index is 13.2. The minimum absolute atomic E-state index is 0.182. The third kappa shape index (κ3) is 4.84. The van der Waals surface area contributed by atoms with E-state index >= 15 is 0 Å². The molecule has 0 amide bonds. The van der Waals surface area contributed by atoms with E-state index in [4.69, 9.17) is 0 Å². The van der Waals surface area contributed by atoms with Crippen molar-refractivity contribution in [1.82, 2.24) is 9.62 Å². The van der Waals surface area contributed by atoms with Crippen LogP contribution in [0.4, 0.5) is 4.39 Å². The Labute approximate surface area is 165 Å². The molecule has 0 fully saturated rings. The van der Waals surface area contributed by atoms with Crippen LogP contribution in [0.3, 0.4) is 0 Å². The molecule has 3 aromatic rings. The highest BCUT2D eigenvalue weighted by Gasteiger charge is 2.20. The van der Waals surface area contributed by atoms with Crippen molar-refractivity contribution in [2.24, 2.45) is 0 Å². The number of benzene rings is 3. The van der Waals surface area contributed by atoms with Gasteiger partial charge in [0.05, 0.1) is 4.90 Å². The molecule has 146 valence electrons. The maximum atomic E-state index is 13.2. The van der Waals surface area contributed by atoms with Gasteiger partial charge in [0.15, 0.2) is 0 Å². The molecule has 1 N–H and O–H groups in total. The Morgan fingerprint density at radius 2 is 1.43 bits per heavy atom. The molecular formula is C22H23FN2O2S. The first-order chi connectivity index (χ1) is 13.4. The number of nitrogens with one attached hydrogen (secondary N) is 1. The molecule has 0 aromatic heterocycles. The molecule has 0 saturated carbocycles. The number of sulfonamides is 1. The number of halogens is 1. The van der Waals surface area contributed by atoms with Crippen molar-refractivity contribution in [1.29, 1.82) is 0 Å². The Hall–Kier alpha value is -2.54. The van der Waals surface area contributed by atoms with E-state index in [9.17, 15) is 12.8 Å². The largest absolute Gasteiger partial charge is 0.301 e. The average Bonchev–Trinajstić information content (AvgIpc) is 2.70. The maximum Gasteiger partial charge on any atom is 0.240 e. The quantitative estimate of drug-likeness (QED) is 0.653. The van der Waals surface area contributed by atoms with Gasteiger partial charge in [-0.2, -0.15) is 0 Å². The van der Waals surface area contributed by atoms with Crippen LogP contribution < -0.4 is 4.72 Å². The van der Waals surface area contributed by atoms with E-state index in [0.29, 0.717) is 0 Å². The zero-order chi connectivity index (χ0) is 20.1. The molecule has 4 nitrogen and oxygen atoms in total. The van der Waals surface area contributed by atoms with E-state index in [1.54, 1.807) is 36.4 Å². The Morgan fingerprint density at radius 1 is 0.857 bits per heavy atom. The smallest absolute Gasteiger partial charge is 0.240 e. The molecule has 28 heavy (non-hydrogen) atoms. The molecule has 0 heterocycles. The van der Waals surface area contributed by atoms with Crippen LogP contribution >= 0.6 is 0 Å². The Balaban J connectivity index is 1.74. The number of hydrogen-bond donors (Lipinski definition) is 1. The van der Waals surface area contributed by atoms with E-state index in [2.05, 4.69) is 4.72 Å². The van der Waals surface area contributed by atoms with Crippen molar-refractivity contribution in [3.63, 3.8) is 0 Å². The highest BCUT2D eigenvalue weighted by molar-refractivity contribution is 7.89. The van der Waals surface area contributed by atoms with Crippen molar-refractivity contribution in [3.8, 4) is 11.1 Å². The van der Waals surface area contributed by atoms with Crippen molar-refractivity contribution >= 4 is 10.0 Å². The third-order valence-corrected chi connectivity index (χ3v) is 6.06. The van der Waals surface area contributed by atoms with E-state index in [1.165, 1.54) is 12.1 Å². The summed E-state index contributed by atoms with van der Waals surface area (Å²) in [4.78, 5) is 2.11. The predicted molar refractivity (Wildman–Crippen MR) is 110 cm³/mol. The van der Waals surface area contributed by atoms with Gasteiger partial charge in [0.25, 0.3) is 0 Å². The summed E-state index contributed by atoms with van der Waals surface area (Å²) in [5.41, 5.74) is 2.83. The average molecular weight is 399 g/mol. The lowest BCUT2D eigenvalue weighted by Crippen LogP contribution is -2.34. The van der Waals surface area contributed by atoms with Crippen molar-refractivity contribution < 1.29 is 12.8 Å². The van der Waals surface area contributed by atoms with Gasteiger partial charge >= 0.3 is 0 Å². The van der Waals surface area contributed by atoms with Gasteiger partial charge in [-0.15, -0.1) is 0 Å². The topological polar surface area (TPSA) is 49.4 Å². The standard InChI is InChI=1S/C22H23FN2O2S/c1-25(2)22(19-8-12-20(23)13-9-19)16-24-28(26,27)21-14-10-18(11-15-21)17-6-4-3-5-7-17/h3-15,22,24H,16H2,1-2H3. The van der Waals surface area contributed by atoms with Gasteiger partial charge < -0.3 is 4.90 Å². The number of hydrogen-bond acceptors (Lipinski definition) is 3. The van der Waals surface area contributed by atoms with E-state index in [1.807, 2.05) is 49.3 Å². The molecule has 1 atom stereocenters. The van der Waals surface area contributed by atoms with Crippen LogP contribution in [0.5, 0.6) is 0 Å². The molecule has 0 bridgehead atoms. The fourth-order valence-electron chi connectivity index (χ4n) is 3.01. The highest BCUT2D eigenvalue weighted by Crippen LogP contribution is 2.22. The SMILES string of the molecule is CN(C)C(CNS(=O)(=O)c1ccc(-c2ccccc2)cc1)c1ccc(F)cc1. The highest BCUT2D eigenvalue weighted by atomic mass is 32.2. The second-order valence-corrected chi connectivity index (χ2v) is 8.54. The van der Waals surface area contributed by atoms with Gasteiger partial charge in [0, 0.05) is 12.6 Å². The second-order valence-electron chi connectivity index (χ2n) is 6.77. The number of nitrogens with zero attached hydrogens (tertiary/aromatic N) is 1. The first kappa shape index (κ1) is 20.2. The lowest BCUT2D eigenvalue weighted by Gasteiger charge is -2.25. The summed E-state index contributed by atoms with van der Waals surface area (Å²) in [6, 6.07) is 22.5. The lowest BCUT2D eigenvalue weighted by atomic mass is 10.1. The van der Waals surface area contributed by atoms with E-state index in [-0.39, 0.29) is 23.3 Å². The first-order valence-electron chi connectivity index (χ1n) is 8.94. The number of likely N-dealkylation sites (N-methyl/N-ethyl adjacent to an activating group) is 1. The van der Waals surface area contributed by atoms with Crippen LogP contribution in [0.2, 0.25) is 0 Å². The molecule has 3 aromatic carbocycles. The van der Waals surface area contributed by atoms with Gasteiger partial charge in [-0.25, -0.2) is 17.5 Å². The van der Waals surface area contributed by atoms with Crippen molar-refractivity contribution in [2.45, 2.75) is 10.9 Å². The molecule has 0 radical (unpaired) electrons. The van der Waals surface area contributed by atoms with Crippen LogP contribution in [-0.4, -0.2) is 34.0 Å². The molecule has 0 aliphatic heterocycles. The predicted octanol–water partition coefficient (Wildman–Crippen LogP) is 4.07. The summed E-state index contributed by atoms with van der Waals surface area (Å²) >= 11 is 0. The first-order valence-corrected chi connectivity index (χ1v) is 10.4. The van der Waals surface area contributed by atoms with Gasteiger partial charge in [0.1, 0.15) is 5.82 Å². The molecular weight excluding hydrogens is 375 g/mol. The summed E-state index contributed by atoms with van der Waals surface area (Å²) in [6.07, 6.45) is 0. The minimum atomic E-state index is -3.65. The fourth-order valence-corrected chi connectivity index (χ4v) is 4.05. The molecule has 0 aliphatic rings. The summed E-state index contributed by atoms with van der Waals surface area (Å²) in [5, 5.41) is 0. The fraction of sp³-hybridized carbons (Fsp3) is 0.182. The third-order valence-electron chi connectivity index (χ3n) is 4.62. The molecule has 0 aliphatic carbocycles. The van der Waals surface area contributed by atoms with Crippen LogP contribution in [0.25, 0.3) is 11.1 Å². The van der Waals surface area contributed by atoms with Gasteiger partial charge in [-0.1, -0.05) is 54.6 Å². The van der Waals surface area contributed by atoms with Gasteiger partial charge in [-0.3, -0.25) is 0 Å². The molecule has 0 saturated heterocycles. The van der Waals surface area contributed by atoms with Gasteiger partial charge in [-0.05, 0) is 55.1 Å². The Kier molecular flexibility index (Phi) is 6.24. The molecule has 0 spiro atoms.